The molecule has 2 aromatic heterocycles. The Kier molecular flexibility index (Phi) is 3.53. The summed E-state index contributed by atoms with van der Waals surface area (Å²) < 4.78 is 10.7. The van der Waals surface area contributed by atoms with Gasteiger partial charge in [-0.2, -0.15) is 0 Å². The Bertz CT molecular complexity index is 911. The van der Waals surface area contributed by atoms with Crippen LogP contribution in [-0.2, 0) is 10.2 Å². The number of benzene rings is 1. The first kappa shape index (κ1) is 15.7. The molecule has 1 aromatic carbocycles. The lowest BCUT2D eigenvalue weighted by Crippen LogP contribution is -2.28. The molecule has 3 aromatic rings. The summed E-state index contributed by atoms with van der Waals surface area (Å²) in [6.07, 6.45) is 3.12. The van der Waals surface area contributed by atoms with Gasteiger partial charge in [0, 0.05) is 11.8 Å². The summed E-state index contributed by atoms with van der Waals surface area (Å²) in [7, 11) is 0. The van der Waals surface area contributed by atoms with E-state index in [1.807, 2.05) is 19.9 Å². The van der Waals surface area contributed by atoms with Crippen molar-refractivity contribution in [2.24, 2.45) is 0 Å². The molecule has 1 amide bonds. The molecule has 1 aliphatic rings. The van der Waals surface area contributed by atoms with Crippen molar-refractivity contribution in [3.8, 4) is 11.5 Å². The maximum atomic E-state index is 13.0. The van der Waals surface area contributed by atoms with E-state index < -0.39 is 5.41 Å². The standard InChI is InChI=1S/C20H20N2O3/c1-12-9-13(2)18(14(3)10-12)21-19(23)20(6-7-20)17-11-16(25-22-17)15-5-4-8-24-15/h4-5,8-11H,6-7H2,1-3H3,(H,21,23). The lowest BCUT2D eigenvalue weighted by molar-refractivity contribution is -0.118. The molecule has 1 saturated carbocycles. The normalized spacial score (nSPS) is 15.2. The average molecular weight is 336 g/mol. The highest BCUT2D eigenvalue weighted by molar-refractivity contribution is 6.02. The maximum Gasteiger partial charge on any atom is 0.236 e. The topological polar surface area (TPSA) is 68.3 Å². The Morgan fingerprint density at radius 3 is 2.44 bits per heavy atom. The molecule has 5 heteroatoms. The van der Waals surface area contributed by atoms with E-state index in [9.17, 15) is 4.79 Å². The van der Waals surface area contributed by atoms with Gasteiger partial charge in [-0.15, -0.1) is 0 Å². The highest BCUT2D eigenvalue weighted by atomic mass is 16.5. The van der Waals surface area contributed by atoms with Gasteiger partial charge in [-0.1, -0.05) is 22.9 Å². The van der Waals surface area contributed by atoms with Gasteiger partial charge in [-0.25, -0.2) is 0 Å². The molecule has 1 fully saturated rings. The Balaban J connectivity index is 1.60. The molecule has 0 spiro atoms. The van der Waals surface area contributed by atoms with Crippen molar-refractivity contribution in [1.82, 2.24) is 5.16 Å². The third-order valence-corrected chi connectivity index (χ3v) is 4.86. The molecule has 128 valence electrons. The zero-order valence-corrected chi connectivity index (χ0v) is 14.6. The average Bonchev–Trinajstić information content (AvgIpc) is 2.99. The Labute approximate surface area is 146 Å². The van der Waals surface area contributed by atoms with E-state index in [0.717, 1.165) is 29.7 Å². The van der Waals surface area contributed by atoms with Crippen LogP contribution in [0.1, 0.15) is 35.2 Å². The van der Waals surface area contributed by atoms with Gasteiger partial charge >= 0.3 is 0 Å². The largest absolute Gasteiger partial charge is 0.461 e. The quantitative estimate of drug-likeness (QED) is 0.760. The number of nitrogens with one attached hydrogen (secondary N) is 1. The highest BCUT2D eigenvalue weighted by Crippen LogP contribution is 2.49. The molecule has 2 heterocycles. The molecule has 5 nitrogen and oxygen atoms in total. The summed E-state index contributed by atoms with van der Waals surface area (Å²) in [6.45, 7) is 6.08. The number of carbonyl (C=O) groups excluding carboxylic acids is 1. The number of furan rings is 1. The molecule has 1 N–H and O–H groups in total. The molecular weight excluding hydrogens is 316 g/mol. The third kappa shape index (κ3) is 2.65. The van der Waals surface area contributed by atoms with E-state index in [0.29, 0.717) is 17.2 Å². The smallest absolute Gasteiger partial charge is 0.236 e. The summed E-state index contributed by atoms with van der Waals surface area (Å²) in [6, 6.07) is 9.56. The van der Waals surface area contributed by atoms with Gasteiger partial charge in [-0.3, -0.25) is 4.79 Å². The fourth-order valence-corrected chi connectivity index (χ4v) is 3.37. The number of rotatable bonds is 4. The van der Waals surface area contributed by atoms with E-state index >= 15 is 0 Å². The van der Waals surface area contributed by atoms with Crippen LogP contribution in [0.2, 0.25) is 0 Å². The molecule has 0 radical (unpaired) electrons. The third-order valence-electron chi connectivity index (χ3n) is 4.86. The van der Waals surface area contributed by atoms with E-state index in [1.54, 1.807) is 18.4 Å². The zero-order chi connectivity index (χ0) is 17.6. The summed E-state index contributed by atoms with van der Waals surface area (Å²) in [4.78, 5) is 13.0. The number of hydrogen-bond acceptors (Lipinski definition) is 4. The Morgan fingerprint density at radius 2 is 1.84 bits per heavy atom. The number of hydrogen-bond donors (Lipinski definition) is 1. The van der Waals surface area contributed by atoms with E-state index in [1.165, 1.54) is 5.56 Å². The van der Waals surface area contributed by atoms with Crippen LogP contribution in [0.25, 0.3) is 11.5 Å². The second-order valence-electron chi connectivity index (χ2n) is 6.86. The van der Waals surface area contributed by atoms with Crippen LogP contribution < -0.4 is 5.32 Å². The van der Waals surface area contributed by atoms with Crippen molar-refractivity contribution in [2.75, 3.05) is 5.32 Å². The molecule has 0 bridgehead atoms. The molecule has 1 aliphatic carbocycles. The fourth-order valence-electron chi connectivity index (χ4n) is 3.37. The molecule has 0 atom stereocenters. The van der Waals surface area contributed by atoms with Gasteiger partial charge in [0.15, 0.2) is 5.76 Å². The molecule has 0 unspecified atom stereocenters. The minimum Gasteiger partial charge on any atom is -0.461 e. The van der Waals surface area contributed by atoms with E-state index in [4.69, 9.17) is 8.94 Å². The molecule has 4 rings (SSSR count). The molecule has 0 saturated heterocycles. The van der Waals surface area contributed by atoms with Crippen molar-refractivity contribution in [2.45, 2.75) is 39.0 Å². The van der Waals surface area contributed by atoms with Crippen molar-refractivity contribution in [3.05, 3.63) is 59.0 Å². The number of nitrogens with zero attached hydrogens (tertiary/aromatic N) is 1. The highest BCUT2D eigenvalue weighted by Gasteiger charge is 2.54. The fraction of sp³-hybridized carbons (Fsp3) is 0.300. The van der Waals surface area contributed by atoms with Gasteiger partial charge < -0.3 is 14.3 Å². The predicted octanol–water partition coefficient (Wildman–Crippen LogP) is 4.53. The van der Waals surface area contributed by atoms with Crippen LogP contribution >= 0.6 is 0 Å². The van der Waals surface area contributed by atoms with Crippen LogP contribution in [0.15, 0.2) is 45.5 Å². The van der Waals surface area contributed by atoms with Crippen LogP contribution in [0.3, 0.4) is 0 Å². The van der Waals surface area contributed by atoms with Gasteiger partial charge in [0.1, 0.15) is 0 Å². The minimum absolute atomic E-state index is 0.0261. The molecular formula is C20H20N2O3. The van der Waals surface area contributed by atoms with Crippen LogP contribution in [0.4, 0.5) is 5.69 Å². The monoisotopic (exact) mass is 336 g/mol. The van der Waals surface area contributed by atoms with Crippen LogP contribution in [0, 0.1) is 20.8 Å². The van der Waals surface area contributed by atoms with E-state index in [-0.39, 0.29) is 5.91 Å². The molecule has 0 aliphatic heterocycles. The second kappa shape index (κ2) is 5.62. The van der Waals surface area contributed by atoms with Crippen LogP contribution in [-0.4, -0.2) is 11.1 Å². The van der Waals surface area contributed by atoms with Crippen LogP contribution in [0.5, 0.6) is 0 Å². The summed E-state index contributed by atoms with van der Waals surface area (Å²) >= 11 is 0. The first-order chi connectivity index (χ1) is 12.0. The number of carbonyl (C=O) groups is 1. The first-order valence-electron chi connectivity index (χ1n) is 8.40. The summed E-state index contributed by atoms with van der Waals surface area (Å²) in [5.74, 6) is 1.13. The lowest BCUT2D eigenvalue weighted by Gasteiger charge is -2.16. The summed E-state index contributed by atoms with van der Waals surface area (Å²) in [5, 5.41) is 7.24. The van der Waals surface area contributed by atoms with Gasteiger partial charge in [0.25, 0.3) is 0 Å². The first-order valence-corrected chi connectivity index (χ1v) is 8.40. The van der Waals surface area contributed by atoms with E-state index in [2.05, 4.69) is 29.5 Å². The zero-order valence-electron chi connectivity index (χ0n) is 14.6. The second-order valence-corrected chi connectivity index (χ2v) is 6.86. The summed E-state index contributed by atoms with van der Waals surface area (Å²) in [5.41, 5.74) is 4.28. The van der Waals surface area contributed by atoms with Gasteiger partial charge in [0.05, 0.1) is 17.4 Å². The number of aromatic nitrogens is 1. The maximum absolute atomic E-state index is 13.0. The van der Waals surface area contributed by atoms with Gasteiger partial charge in [0.2, 0.25) is 11.7 Å². The van der Waals surface area contributed by atoms with Crippen molar-refractivity contribution < 1.29 is 13.7 Å². The number of aryl methyl sites for hydroxylation is 3. The predicted molar refractivity (Wildman–Crippen MR) is 94.4 cm³/mol. The van der Waals surface area contributed by atoms with Crippen molar-refractivity contribution in [3.63, 3.8) is 0 Å². The van der Waals surface area contributed by atoms with Gasteiger partial charge in [-0.05, 0) is 56.9 Å². The molecule has 25 heavy (non-hydrogen) atoms. The van der Waals surface area contributed by atoms with Crippen molar-refractivity contribution in [1.29, 1.82) is 0 Å². The Morgan fingerprint density at radius 1 is 1.12 bits per heavy atom. The number of anilines is 1. The minimum atomic E-state index is -0.599. The van der Waals surface area contributed by atoms with Crippen molar-refractivity contribution >= 4 is 11.6 Å². The Hall–Kier alpha value is -2.82. The SMILES string of the molecule is Cc1cc(C)c(NC(=O)C2(c3cc(-c4ccco4)on3)CC2)c(C)c1. The number of amides is 1. The lowest BCUT2D eigenvalue weighted by atomic mass is 9.99.